The molecule has 69 heavy (non-hydrogen) atoms. The smallest absolute Gasteiger partial charge is 0.306 e. The van der Waals surface area contributed by atoms with Crippen molar-refractivity contribution in [3.63, 3.8) is 0 Å². The lowest BCUT2D eigenvalue weighted by Gasteiger charge is -2.32. The van der Waals surface area contributed by atoms with Gasteiger partial charge in [-0.15, -0.1) is 0 Å². The summed E-state index contributed by atoms with van der Waals surface area (Å²) in [7, 11) is 0. The van der Waals surface area contributed by atoms with E-state index in [2.05, 4.69) is 15.1 Å². The summed E-state index contributed by atoms with van der Waals surface area (Å²) in [5.74, 6) is -0.944. The maximum Gasteiger partial charge on any atom is 0.306 e. The van der Waals surface area contributed by atoms with Gasteiger partial charge in [0.05, 0.1) is 28.0 Å². The Kier molecular flexibility index (Phi) is 20.3. The van der Waals surface area contributed by atoms with Gasteiger partial charge in [-0.05, 0) is 147 Å². The van der Waals surface area contributed by atoms with Crippen LogP contribution in [0.15, 0.2) is 146 Å². The Hall–Kier alpha value is -5.96. The molecule has 0 aromatic heterocycles. The number of nitrogens with zero attached hydrogens (tertiary/aromatic N) is 2. The number of aliphatic carboxylic acids is 1. The van der Waals surface area contributed by atoms with E-state index in [1.54, 1.807) is 60.7 Å². The number of nitrogens with two attached hydrogens (primary N) is 1. The minimum Gasteiger partial charge on any atom is -0.491 e. The highest BCUT2D eigenvalue weighted by molar-refractivity contribution is 6.32. The van der Waals surface area contributed by atoms with Crippen LogP contribution in [0.25, 0.3) is 0 Å². The summed E-state index contributed by atoms with van der Waals surface area (Å²) in [5.41, 5.74) is 9.06. The van der Waals surface area contributed by atoms with Crippen LogP contribution in [-0.2, 0) is 9.59 Å². The van der Waals surface area contributed by atoms with Crippen LogP contribution in [0.4, 0.5) is 17.6 Å². The molecular weight excluding hydrogens is 932 g/mol. The summed E-state index contributed by atoms with van der Waals surface area (Å²) < 4.78 is 63.7. The third kappa shape index (κ3) is 16.6. The molecule has 2 saturated heterocycles. The quantitative estimate of drug-likeness (QED) is 0.0871. The summed E-state index contributed by atoms with van der Waals surface area (Å²) >= 11 is 12.1. The second kappa shape index (κ2) is 26.7. The second-order valence-electron chi connectivity index (χ2n) is 16.8. The van der Waals surface area contributed by atoms with Gasteiger partial charge >= 0.3 is 5.97 Å². The molecule has 0 aliphatic carbocycles. The number of likely N-dealkylation sites (tertiary alicyclic amines) is 2. The van der Waals surface area contributed by atoms with Gasteiger partial charge in [-0.1, -0.05) is 96.0 Å². The number of benzene rings is 6. The SMILES string of the molecule is NC(c1ccc(F)cc1)c1ccc(F)cc1.O=C(NC(c1ccc(F)cc1)c1ccc(F)cc1)C1CCN(CCOc2ccccc2Cl)CC1.O=C(O)C1CCN(CCOc2ccccc2Cl)CC1. The fraction of sp³-hybridized carbons (Fsp3) is 0.296. The molecule has 2 heterocycles. The number of nitrogens with one attached hydrogen (secondary N) is 1. The van der Waals surface area contributed by atoms with E-state index in [1.807, 2.05) is 36.4 Å². The summed E-state index contributed by atoms with van der Waals surface area (Å²) in [4.78, 5) is 28.5. The van der Waals surface area contributed by atoms with Crippen molar-refractivity contribution < 1.29 is 41.7 Å². The number of carbonyl (C=O) groups is 2. The maximum atomic E-state index is 13.4. The maximum absolute atomic E-state index is 13.4. The highest BCUT2D eigenvalue weighted by Crippen LogP contribution is 2.28. The monoisotopic (exact) mass is 986 g/mol. The molecule has 6 aromatic rings. The number of amides is 1. The summed E-state index contributed by atoms with van der Waals surface area (Å²) in [5, 5.41) is 13.2. The van der Waals surface area contributed by atoms with Crippen molar-refractivity contribution in [2.75, 3.05) is 52.5 Å². The Labute approximate surface area is 410 Å². The number of para-hydroxylation sites is 2. The van der Waals surface area contributed by atoms with Gasteiger partial charge in [0, 0.05) is 19.0 Å². The zero-order valence-electron chi connectivity index (χ0n) is 38.0. The van der Waals surface area contributed by atoms with Gasteiger partial charge < -0.3 is 25.6 Å². The van der Waals surface area contributed by atoms with E-state index in [-0.39, 0.29) is 47.1 Å². The molecule has 15 heteroatoms. The minimum atomic E-state index is -0.674. The molecule has 0 atom stereocenters. The number of hydrogen-bond donors (Lipinski definition) is 3. The van der Waals surface area contributed by atoms with E-state index in [1.165, 1.54) is 48.5 Å². The van der Waals surface area contributed by atoms with E-state index >= 15 is 0 Å². The standard InChI is InChI=1S/C27H27ClF2N2O2.C14H18ClNO3.C13H11F2N/c28-24-3-1-2-4-25(24)34-18-17-32-15-13-21(14-16-32)27(33)31-26(19-5-9-22(29)10-6-19)20-7-11-23(30)12-8-20;15-12-3-1-2-4-13(12)19-10-9-16-7-5-11(6-8-16)14(17)18;14-11-5-1-9(2-6-11)13(16)10-3-7-12(15)8-4-10/h1-12,21,26H,13-18H2,(H,31,33);1-4,11H,5-10H2,(H,17,18);1-8,13H,16H2. The van der Waals surface area contributed by atoms with Crippen LogP contribution in [0.2, 0.25) is 10.0 Å². The molecule has 9 nitrogen and oxygen atoms in total. The molecule has 2 aliphatic heterocycles. The number of carbonyl (C=O) groups excluding carboxylic acids is 1. The fourth-order valence-electron chi connectivity index (χ4n) is 7.98. The molecule has 6 aromatic carbocycles. The minimum absolute atomic E-state index is 0.0504. The van der Waals surface area contributed by atoms with Crippen LogP contribution >= 0.6 is 23.2 Å². The molecule has 0 saturated carbocycles. The van der Waals surface area contributed by atoms with E-state index in [0.717, 1.165) is 87.2 Å². The van der Waals surface area contributed by atoms with Gasteiger partial charge in [-0.2, -0.15) is 0 Å². The van der Waals surface area contributed by atoms with Crippen LogP contribution in [0.5, 0.6) is 11.5 Å². The highest BCUT2D eigenvalue weighted by Gasteiger charge is 2.28. The first-order chi connectivity index (χ1) is 33.3. The van der Waals surface area contributed by atoms with E-state index in [0.29, 0.717) is 34.8 Å². The van der Waals surface area contributed by atoms with E-state index in [4.69, 9.17) is 43.5 Å². The number of halogens is 6. The van der Waals surface area contributed by atoms with Gasteiger partial charge in [0.1, 0.15) is 48.0 Å². The van der Waals surface area contributed by atoms with Crippen molar-refractivity contribution in [1.29, 1.82) is 0 Å². The second-order valence-corrected chi connectivity index (χ2v) is 17.6. The molecule has 0 radical (unpaired) electrons. The van der Waals surface area contributed by atoms with Crippen molar-refractivity contribution >= 4 is 35.1 Å². The lowest BCUT2D eigenvalue weighted by atomic mass is 9.93. The average Bonchev–Trinajstić information content (AvgIpc) is 3.36. The number of carboxylic acid groups (broad SMARTS) is 1. The largest absolute Gasteiger partial charge is 0.491 e. The Morgan fingerprint density at radius 3 is 1.23 bits per heavy atom. The van der Waals surface area contributed by atoms with Crippen molar-refractivity contribution in [3.05, 3.63) is 201 Å². The number of rotatable bonds is 15. The molecule has 2 aliphatic rings. The van der Waals surface area contributed by atoms with Gasteiger partial charge in [-0.25, -0.2) is 17.6 Å². The van der Waals surface area contributed by atoms with Crippen molar-refractivity contribution in [2.24, 2.45) is 17.6 Å². The van der Waals surface area contributed by atoms with Crippen molar-refractivity contribution in [2.45, 2.75) is 37.8 Å². The summed E-state index contributed by atoms with van der Waals surface area (Å²) in [6, 6.07) is 37.9. The third-order valence-corrected chi connectivity index (χ3v) is 12.7. The van der Waals surface area contributed by atoms with Crippen LogP contribution < -0.4 is 20.5 Å². The Morgan fingerprint density at radius 1 is 0.551 bits per heavy atom. The van der Waals surface area contributed by atoms with Gasteiger partial charge in [0.2, 0.25) is 5.91 Å². The van der Waals surface area contributed by atoms with Gasteiger partial charge in [-0.3, -0.25) is 19.4 Å². The molecule has 4 N–H and O–H groups in total. The lowest BCUT2D eigenvalue weighted by Crippen LogP contribution is -2.42. The fourth-order valence-corrected chi connectivity index (χ4v) is 8.36. The Balaban J connectivity index is 0.000000188. The number of piperidine rings is 2. The van der Waals surface area contributed by atoms with E-state index < -0.39 is 12.0 Å². The zero-order valence-corrected chi connectivity index (χ0v) is 39.5. The third-order valence-electron chi connectivity index (χ3n) is 12.1. The topological polar surface area (TPSA) is 117 Å². The molecule has 364 valence electrons. The predicted molar refractivity (Wildman–Crippen MR) is 261 cm³/mol. The van der Waals surface area contributed by atoms with Crippen LogP contribution in [0.1, 0.15) is 60.0 Å². The van der Waals surface area contributed by atoms with Crippen LogP contribution in [0.3, 0.4) is 0 Å². The molecule has 1 amide bonds. The Morgan fingerprint density at radius 2 is 0.884 bits per heavy atom. The van der Waals surface area contributed by atoms with Crippen LogP contribution in [-0.4, -0.2) is 79.3 Å². The first kappa shape index (κ1) is 52.4. The molecular formula is C54H56Cl2F4N4O5. The lowest BCUT2D eigenvalue weighted by molar-refractivity contribution is -0.143. The number of carboxylic acids is 1. The molecule has 0 bridgehead atoms. The summed E-state index contributed by atoms with van der Waals surface area (Å²) in [6.45, 7) is 5.89. The van der Waals surface area contributed by atoms with E-state index in [9.17, 15) is 27.2 Å². The molecule has 0 spiro atoms. The molecule has 8 rings (SSSR count). The zero-order chi connectivity index (χ0) is 49.1. The Bertz CT molecular complexity index is 2420. The predicted octanol–water partition coefficient (Wildman–Crippen LogP) is 11.1. The van der Waals surface area contributed by atoms with Crippen molar-refractivity contribution in [1.82, 2.24) is 15.1 Å². The number of ether oxygens (including phenoxy) is 2. The van der Waals surface area contributed by atoms with Gasteiger partial charge in [0.25, 0.3) is 0 Å². The average molecular weight is 988 g/mol. The molecule has 0 unspecified atom stereocenters. The normalized spacial score (nSPS) is 14.6. The van der Waals surface area contributed by atoms with Crippen LogP contribution in [0, 0.1) is 35.1 Å². The molecule has 2 fully saturated rings. The summed E-state index contributed by atoms with van der Waals surface area (Å²) in [6.07, 6.45) is 2.91. The highest BCUT2D eigenvalue weighted by atomic mass is 35.5. The van der Waals surface area contributed by atoms with Gasteiger partial charge in [0.15, 0.2) is 0 Å². The first-order valence-corrected chi connectivity index (χ1v) is 23.6. The first-order valence-electron chi connectivity index (χ1n) is 22.8. The number of hydrogen-bond acceptors (Lipinski definition) is 7. The van der Waals surface area contributed by atoms with Crippen molar-refractivity contribution in [3.8, 4) is 11.5 Å².